The van der Waals surface area contributed by atoms with Crippen molar-refractivity contribution in [2.45, 2.75) is 69.1 Å². The summed E-state index contributed by atoms with van der Waals surface area (Å²) in [5.41, 5.74) is 0.963. The Labute approximate surface area is 188 Å². The minimum atomic E-state index is -0.638. The van der Waals surface area contributed by atoms with Crippen LogP contribution in [0, 0.1) is 0 Å². The van der Waals surface area contributed by atoms with Gasteiger partial charge in [-0.3, -0.25) is 14.4 Å². The van der Waals surface area contributed by atoms with Crippen LogP contribution in [-0.4, -0.2) is 77.6 Å². The smallest absolute Gasteiger partial charge is 0.246 e. The minimum absolute atomic E-state index is 0.00225. The zero-order chi connectivity index (χ0) is 22.5. The lowest BCUT2D eigenvalue weighted by atomic mass is 10.1. The summed E-state index contributed by atoms with van der Waals surface area (Å²) in [5, 5.41) is 6.04. The van der Waals surface area contributed by atoms with Crippen molar-refractivity contribution < 1.29 is 19.2 Å². The van der Waals surface area contributed by atoms with Gasteiger partial charge in [-0.05, 0) is 57.1 Å². The Kier molecular flexibility index (Phi) is 7.19. The molecule has 0 radical (unpaired) electrons. The Morgan fingerprint density at radius 3 is 2.31 bits per heavy atom. The van der Waals surface area contributed by atoms with Crippen LogP contribution in [0.5, 0.6) is 0 Å². The van der Waals surface area contributed by atoms with Crippen molar-refractivity contribution in [2.75, 3.05) is 19.6 Å². The Hall–Kier alpha value is -2.74. The first-order valence-electron chi connectivity index (χ1n) is 11.7. The molecule has 8 nitrogen and oxygen atoms in total. The average Bonchev–Trinajstić information content (AvgIpc) is 3.59. The van der Waals surface area contributed by atoms with Crippen LogP contribution >= 0.6 is 0 Å². The molecule has 1 aromatic rings. The van der Waals surface area contributed by atoms with Gasteiger partial charge in [0.2, 0.25) is 17.7 Å². The van der Waals surface area contributed by atoms with Gasteiger partial charge in [0.15, 0.2) is 0 Å². The van der Waals surface area contributed by atoms with Gasteiger partial charge in [0, 0.05) is 13.1 Å². The predicted octanol–water partition coefficient (Wildman–Crippen LogP) is 0.647. The Morgan fingerprint density at radius 1 is 0.969 bits per heavy atom. The third kappa shape index (κ3) is 4.85. The number of aldehydes is 1. The minimum Gasteiger partial charge on any atom is -0.344 e. The molecule has 32 heavy (non-hydrogen) atoms. The van der Waals surface area contributed by atoms with E-state index in [0.717, 1.165) is 44.1 Å². The van der Waals surface area contributed by atoms with Crippen LogP contribution in [0.15, 0.2) is 30.3 Å². The highest BCUT2D eigenvalue weighted by atomic mass is 16.2. The lowest BCUT2D eigenvalue weighted by molar-refractivity contribution is -0.147. The van der Waals surface area contributed by atoms with Crippen molar-refractivity contribution in [3.05, 3.63) is 35.9 Å². The molecule has 2 N–H and O–H groups in total. The fraction of sp³-hybridized carbons (Fsp3) is 0.583. The van der Waals surface area contributed by atoms with Gasteiger partial charge in [0.25, 0.3) is 0 Å². The van der Waals surface area contributed by atoms with E-state index in [1.165, 1.54) is 0 Å². The molecule has 0 unspecified atom stereocenters. The van der Waals surface area contributed by atoms with E-state index in [9.17, 15) is 19.2 Å². The van der Waals surface area contributed by atoms with E-state index in [1.54, 1.807) is 9.80 Å². The molecule has 0 spiro atoms. The van der Waals surface area contributed by atoms with E-state index in [4.69, 9.17) is 0 Å². The molecule has 3 saturated heterocycles. The fourth-order valence-electron chi connectivity index (χ4n) is 5.16. The van der Waals surface area contributed by atoms with Crippen LogP contribution in [0.2, 0.25) is 0 Å². The lowest BCUT2D eigenvalue weighted by Gasteiger charge is -2.32. The molecule has 4 rings (SSSR count). The molecule has 3 aliphatic heterocycles. The van der Waals surface area contributed by atoms with E-state index >= 15 is 0 Å². The molecule has 0 saturated carbocycles. The number of benzene rings is 1. The number of nitrogens with zero attached hydrogens (tertiary/aromatic N) is 2. The third-order valence-electron chi connectivity index (χ3n) is 6.81. The number of hydrogen-bond donors (Lipinski definition) is 2. The molecule has 3 aliphatic rings. The van der Waals surface area contributed by atoms with Crippen LogP contribution in [0.3, 0.4) is 0 Å². The van der Waals surface area contributed by atoms with Crippen molar-refractivity contribution in [1.29, 1.82) is 0 Å². The predicted molar refractivity (Wildman–Crippen MR) is 119 cm³/mol. The number of carbonyl (C=O) groups excluding carboxylic acids is 4. The molecule has 172 valence electrons. The second-order valence-corrected chi connectivity index (χ2v) is 8.97. The molecule has 0 aromatic heterocycles. The first kappa shape index (κ1) is 22.5. The number of amides is 3. The molecule has 3 amide bonds. The second-order valence-electron chi connectivity index (χ2n) is 8.97. The fourth-order valence-corrected chi connectivity index (χ4v) is 5.16. The van der Waals surface area contributed by atoms with E-state index in [2.05, 4.69) is 10.6 Å². The van der Waals surface area contributed by atoms with Crippen LogP contribution in [0.25, 0.3) is 0 Å². The van der Waals surface area contributed by atoms with Crippen molar-refractivity contribution >= 4 is 24.0 Å². The largest absolute Gasteiger partial charge is 0.344 e. The van der Waals surface area contributed by atoms with Crippen LogP contribution in [0.4, 0.5) is 0 Å². The summed E-state index contributed by atoms with van der Waals surface area (Å²) in [7, 11) is 0. The summed E-state index contributed by atoms with van der Waals surface area (Å²) in [6.45, 7) is 1.92. The number of carbonyl (C=O) groups is 4. The van der Waals surface area contributed by atoms with Gasteiger partial charge < -0.3 is 25.2 Å². The summed E-state index contributed by atoms with van der Waals surface area (Å²) < 4.78 is 0. The molecule has 0 aliphatic carbocycles. The SMILES string of the molecule is O=C[C@H](Cc1ccccc1)NC(=O)[C@@H]1CCCN1C(=O)[C@@H]1CCCN1C(=O)[C@@H]1CCCN1. The van der Waals surface area contributed by atoms with Crippen LogP contribution in [-0.2, 0) is 25.6 Å². The molecular weight excluding hydrogens is 408 g/mol. The number of nitrogens with one attached hydrogen (secondary N) is 2. The zero-order valence-corrected chi connectivity index (χ0v) is 18.4. The Balaban J connectivity index is 1.39. The van der Waals surface area contributed by atoms with E-state index in [-0.39, 0.29) is 23.8 Å². The highest BCUT2D eigenvalue weighted by Crippen LogP contribution is 2.26. The van der Waals surface area contributed by atoms with E-state index < -0.39 is 18.1 Å². The van der Waals surface area contributed by atoms with Gasteiger partial charge in [-0.25, -0.2) is 0 Å². The quantitative estimate of drug-likeness (QED) is 0.607. The highest BCUT2D eigenvalue weighted by molar-refractivity contribution is 5.94. The molecule has 1 aromatic carbocycles. The maximum Gasteiger partial charge on any atom is 0.246 e. The number of likely N-dealkylation sites (tertiary alicyclic amines) is 2. The average molecular weight is 441 g/mol. The van der Waals surface area contributed by atoms with Gasteiger partial charge in [0.1, 0.15) is 18.4 Å². The van der Waals surface area contributed by atoms with Gasteiger partial charge in [0.05, 0.1) is 12.1 Å². The van der Waals surface area contributed by atoms with Gasteiger partial charge in [-0.2, -0.15) is 0 Å². The van der Waals surface area contributed by atoms with Crippen LogP contribution in [0.1, 0.15) is 44.1 Å². The normalized spacial score (nSPS) is 26.2. The Morgan fingerprint density at radius 2 is 1.66 bits per heavy atom. The molecule has 3 heterocycles. The summed E-state index contributed by atoms with van der Waals surface area (Å²) in [5.74, 6) is -0.433. The summed E-state index contributed by atoms with van der Waals surface area (Å²) >= 11 is 0. The van der Waals surface area contributed by atoms with Gasteiger partial charge >= 0.3 is 0 Å². The monoisotopic (exact) mass is 440 g/mol. The zero-order valence-electron chi connectivity index (χ0n) is 18.4. The third-order valence-corrected chi connectivity index (χ3v) is 6.81. The van der Waals surface area contributed by atoms with Crippen molar-refractivity contribution in [1.82, 2.24) is 20.4 Å². The standard InChI is InChI=1S/C24H32N4O4/c29-16-18(15-17-7-2-1-3-8-17)26-22(30)20-10-5-13-27(20)24(32)21-11-6-14-28(21)23(31)19-9-4-12-25-19/h1-3,7-8,16,18-21,25H,4-6,9-15H2,(H,26,30)/t18-,19-,20-,21-/m0/s1. The molecule has 4 atom stereocenters. The first-order valence-corrected chi connectivity index (χ1v) is 11.7. The maximum absolute atomic E-state index is 13.4. The first-order chi connectivity index (χ1) is 15.6. The summed E-state index contributed by atoms with van der Waals surface area (Å²) in [6, 6.07) is 7.59. The van der Waals surface area contributed by atoms with Crippen molar-refractivity contribution in [3.63, 3.8) is 0 Å². The topological polar surface area (TPSA) is 98.8 Å². The van der Waals surface area contributed by atoms with Crippen molar-refractivity contribution in [3.8, 4) is 0 Å². The molecule has 8 heteroatoms. The second kappa shape index (κ2) is 10.3. The summed E-state index contributed by atoms with van der Waals surface area (Å²) in [4.78, 5) is 54.2. The molecule has 0 bridgehead atoms. The lowest BCUT2D eigenvalue weighted by Crippen LogP contribution is -2.55. The van der Waals surface area contributed by atoms with Crippen molar-refractivity contribution in [2.24, 2.45) is 0 Å². The number of rotatable bonds is 7. The molecule has 3 fully saturated rings. The van der Waals surface area contributed by atoms with Gasteiger partial charge in [-0.1, -0.05) is 30.3 Å². The molecular formula is C24H32N4O4. The highest BCUT2D eigenvalue weighted by Gasteiger charge is 2.43. The summed E-state index contributed by atoms with van der Waals surface area (Å²) in [6.07, 6.45) is 5.67. The van der Waals surface area contributed by atoms with E-state index in [1.807, 2.05) is 30.3 Å². The number of hydrogen-bond acceptors (Lipinski definition) is 5. The maximum atomic E-state index is 13.4. The van der Waals surface area contributed by atoms with Gasteiger partial charge in [-0.15, -0.1) is 0 Å². The Bertz CT molecular complexity index is 840. The van der Waals surface area contributed by atoms with Crippen LogP contribution < -0.4 is 10.6 Å². The van der Waals surface area contributed by atoms with E-state index in [0.29, 0.717) is 32.4 Å².